The van der Waals surface area contributed by atoms with E-state index in [2.05, 4.69) is 17.2 Å². The molecular formula is C10H17N3O2S. The summed E-state index contributed by atoms with van der Waals surface area (Å²) >= 11 is 1.89. The average Bonchev–Trinajstić information content (AvgIpc) is 2.27. The second-order valence-corrected chi connectivity index (χ2v) is 4.66. The third-order valence-corrected chi connectivity index (χ3v) is 3.07. The molecule has 1 aliphatic rings. The Labute approximate surface area is 99.6 Å². The normalized spacial score (nSPS) is 16.5. The molecule has 2 N–H and O–H groups in total. The first kappa shape index (κ1) is 13.1. The molecule has 0 bridgehead atoms. The van der Waals surface area contributed by atoms with Crippen molar-refractivity contribution in [2.75, 3.05) is 37.7 Å². The largest absolute Gasteiger partial charge is 0.334 e. The highest BCUT2D eigenvalue weighted by Crippen LogP contribution is 2.07. The Morgan fingerprint density at radius 2 is 2.06 bits per heavy atom. The van der Waals surface area contributed by atoms with Crippen molar-refractivity contribution in [2.45, 2.75) is 0 Å². The van der Waals surface area contributed by atoms with Gasteiger partial charge < -0.3 is 5.32 Å². The van der Waals surface area contributed by atoms with E-state index in [1.54, 1.807) is 6.08 Å². The van der Waals surface area contributed by atoms with E-state index >= 15 is 0 Å². The van der Waals surface area contributed by atoms with Crippen molar-refractivity contribution in [2.24, 2.45) is 0 Å². The van der Waals surface area contributed by atoms with Gasteiger partial charge in [-0.25, -0.2) is 4.79 Å². The van der Waals surface area contributed by atoms with Gasteiger partial charge in [0.05, 0.1) is 6.54 Å². The maximum absolute atomic E-state index is 11.4. The van der Waals surface area contributed by atoms with Crippen LogP contribution in [0.5, 0.6) is 0 Å². The molecule has 1 heterocycles. The Kier molecular flexibility index (Phi) is 5.95. The number of hydrogen-bond donors (Lipinski definition) is 2. The van der Waals surface area contributed by atoms with Gasteiger partial charge in [0, 0.05) is 31.1 Å². The summed E-state index contributed by atoms with van der Waals surface area (Å²) in [4.78, 5) is 24.6. The quantitative estimate of drug-likeness (QED) is 0.685. The van der Waals surface area contributed by atoms with Crippen LogP contribution in [0.1, 0.15) is 0 Å². The van der Waals surface area contributed by atoms with Gasteiger partial charge in [0.2, 0.25) is 5.91 Å². The van der Waals surface area contributed by atoms with E-state index in [0.717, 1.165) is 24.6 Å². The number of rotatable bonds is 4. The van der Waals surface area contributed by atoms with Crippen LogP contribution in [0.15, 0.2) is 12.7 Å². The number of imide groups is 1. The standard InChI is InChI=1S/C10H17N3O2S/c1-2-3-11-10(15)12-9(14)8-13-4-6-16-7-5-13/h2H,1,3-8H2,(H2,11,12,14,15). The van der Waals surface area contributed by atoms with E-state index in [4.69, 9.17) is 0 Å². The summed E-state index contributed by atoms with van der Waals surface area (Å²) < 4.78 is 0. The molecule has 1 rings (SSSR count). The first-order chi connectivity index (χ1) is 7.72. The lowest BCUT2D eigenvalue weighted by atomic mass is 10.4. The van der Waals surface area contributed by atoms with Gasteiger partial charge in [-0.2, -0.15) is 11.8 Å². The molecule has 6 heteroatoms. The van der Waals surface area contributed by atoms with Crippen LogP contribution in [0.4, 0.5) is 4.79 Å². The van der Waals surface area contributed by atoms with Crippen LogP contribution in [-0.2, 0) is 4.79 Å². The van der Waals surface area contributed by atoms with Gasteiger partial charge in [-0.15, -0.1) is 6.58 Å². The Balaban J connectivity index is 2.18. The first-order valence-electron chi connectivity index (χ1n) is 5.21. The minimum atomic E-state index is -0.462. The predicted octanol–water partition coefficient (Wildman–Crippen LogP) is 0.0470. The van der Waals surface area contributed by atoms with Crippen LogP contribution >= 0.6 is 11.8 Å². The van der Waals surface area contributed by atoms with Crippen molar-refractivity contribution < 1.29 is 9.59 Å². The Morgan fingerprint density at radius 1 is 1.38 bits per heavy atom. The van der Waals surface area contributed by atoms with E-state index in [1.165, 1.54) is 0 Å². The van der Waals surface area contributed by atoms with Gasteiger partial charge >= 0.3 is 6.03 Å². The van der Waals surface area contributed by atoms with Gasteiger partial charge in [-0.3, -0.25) is 15.0 Å². The molecular weight excluding hydrogens is 226 g/mol. The van der Waals surface area contributed by atoms with Gasteiger partial charge in [-0.05, 0) is 0 Å². The molecule has 0 unspecified atom stereocenters. The fourth-order valence-electron chi connectivity index (χ4n) is 1.34. The second-order valence-electron chi connectivity index (χ2n) is 3.44. The molecule has 0 aromatic rings. The van der Waals surface area contributed by atoms with Crippen molar-refractivity contribution in [3.8, 4) is 0 Å². The van der Waals surface area contributed by atoms with Gasteiger partial charge in [0.25, 0.3) is 0 Å². The zero-order chi connectivity index (χ0) is 11.8. The average molecular weight is 243 g/mol. The summed E-state index contributed by atoms with van der Waals surface area (Å²) in [6.45, 7) is 5.94. The number of amides is 3. The second kappa shape index (κ2) is 7.29. The maximum Gasteiger partial charge on any atom is 0.321 e. The van der Waals surface area contributed by atoms with E-state index in [0.29, 0.717) is 13.1 Å². The molecule has 16 heavy (non-hydrogen) atoms. The van der Waals surface area contributed by atoms with Gasteiger partial charge in [0.15, 0.2) is 0 Å². The molecule has 0 radical (unpaired) electrons. The summed E-state index contributed by atoms with van der Waals surface area (Å²) in [5.74, 6) is 1.85. The lowest BCUT2D eigenvalue weighted by Gasteiger charge is -2.25. The van der Waals surface area contributed by atoms with Crippen molar-refractivity contribution in [3.05, 3.63) is 12.7 Å². The number of nitrogens with zero attached hydrogens (tertiary/aromatic N) is 1. The molecule has 1 saturated heterocycles. The monoisotopic (exact) mass is 243 g/mol. The van der Waals surface area contributed by atoms with Crippen molar-refractivity contribution in [1.82, 2.24) is 15.5 Å². The number of urea groups is 1. The van der Waals surface area contributed by atoms with Crippen LogP contribution in [-0.4, -0.2) is 54.5 Å². The highest BCUT2D eigenvalue weighted by atomic mass is 32.2. The summed E-state index contributed by atoms with van der Waals surface area (Å²) in [5.41, 5.74) is 0. The fourth-order valence-corrected chi connectivity index (χ4v) is 2.32. The number of carbonyl (C=O) groups excluding carboxylic acids is 2. The zero-order valence-electron chi connectivity index (χ0n) is 9.20. The van der Waals surface area contributed by atoms with E-state index in [9.17, 15) is 9.59 Å². The highest BCUT2D eigenvalue weighted by molar-refractivity contribution is 7.99. The predicted molar refractivity (Wildman–Crippen MR) is 65.5 cm³/mol. The number of thioether (sulfide) groups is 1. The van der Waals surface area contributed by atoms with Crippen molar-refractivity contribution >= 4 is 23.7 Å². The maximum atomic E-state index is 11.4. The SMILES string of the molecule is C=CCNC(=O)NC(=O)CN1CCSCC1. The fraction of sp³-hybridized carbons (Fsp3) is 0.600. The van der Waals surface area contributed by atoms with Gasteiger partial charge in [0.1, 0.15) is 0 Å². The van der Waals surface area contributed by atoms with E-state index in [1.807, 2.05) is 16.7 Å². The molecule has 0 aromatic carbocycles. The van der Waals surface area contributed by atoms with Crippen molar-refractivity contribution in [3.63, 3.8) is 0 Å². The Hall–Kier alpha value is -1.01. The molecule has 5 nitrogen and oxygen atoms in total. The van der Waals surface area contributed by atoms with Crippen LogP contribution < -0.4 is 10.6 Å². The smallest absolute Gasteiger partial charge is 0.321 e. The number of nitrogens with one attached hydrogen (secondary N) is 2. The van der Waals surface area contributed by atoms with Crippen LogP contribution in [0.2, 0.25) is 0 Å². The third kappa shape index (κ3) is 5.18. The molecule has 0 aliphatic carbocycles. The summed E-state index contributed by atoms with van der Waals surface area (Å²) in [5, 5.41) is 4.77. The molecule has 0 spiro atoms. The Morgan fingerprint density at radius 3 is 2.69 bits per heavy atom. The number of hydrogen-bond acceptors (Lipinski definition) is 4. The molecule has 1 fully saturated rings. The van der Waals surface area contributed by atoms with Gasteiger partial charge in [-0.1, -0.05) is 6.08 Å². The topological polar surface area (TPSA) is 61.4 Å². The van der Waals surface area contributed by atoms with Crippen LogP contribution in [0.3, 0.4) is 0 Å². The highest BCUT2D eigenvalue weighted by Gasteiger charge is 2.15. The first-order valence-corrected chi connectivity index (χ1v) is 6.36. The van der Waals surface area contributed by atoms with Crippen LogP contribution in [0, 0.1) is 0 Å². The summed E-state index contributed by atoms with van der Waals surface area (Å²) in [6.07, 6.45) is 1.56. The lowest BCUT2D eigenvalue weighted by Crippen LogP contribution is -2.46. The molecule has 0 saturated carbocycles. The molecule has 0 aromatic heterocycles. The van der Waals surface area contributed by atoms with Crippen molar-refractivity contribution in [1.29, 1.82) is 0 Å². The molecule has 90 valence electrons. The minimum absolute atomic E-state index is 0.256. The molecule has 0 atom stereocenters. The molecule has 3 amide bonds. The van der Waals surface area contributed by atoms with Crippen LogP contribution in [0.25, 0.3) is 0 Å². The summed E-state index contributed by atoms with van der Waals surface area (Å²) in [6, 6.07) is -0.462. The zero-order valence-corrected chi connectivity index (χ0v) is 10.0. The van der Waals surface area contributed by atoms with E-state index < -0.39 is 6.03 Å². The lowest BCUT2D eigenvalue weighted by molar-refractivity contribution is -0.121. The minimum Gasteiger partial charge on any atom is -0.334 e. The van der Waals surface area contributed by atoms with E-state index in [-0.39, 0.29) is 5.91 Å². The third-order valence-electron chi connectivity index (χ3n) is 2.13. The number of carbonyl (C=O) groups is 2. The summed E-state index contributed by atoms with van der Waals surface area (Å²) in [7, 11) is 0. The Bertz CT molecular complexity index is 265. The molecule has 1 aliphatic heterocycles.